The summed E-state index contributed by atoms with van der Waals surface area (Å²) in [6.45, 7) is 0.337. The quantitative estimate of drug-likeness (QED) is 0.484. The normalized spacial score (nSPS) is 13.0. The monoisotopic (exact) mass is 302 g/mol. The molecule has 21 heavy (non-hydrogen) atoms. The van der Waals surface area contributed by atoms with Crippen LogP contribution in [0.25, 0.3) is 0 Å². The molecule has 1 aliphatic rings. The predicted octanol–water partition coefficient (Wildman–Crippen LogP) is 4.10. The van der Waals surface area contributed by atoms with Gasteiger partial charge in [-0.15, -0.1) is 11.6 Å². The van der Waals surface area contributed by atoms with Crippen molar-refractivity contribution in [2.24, 2.45) is 0 Å². The lowest BCUT2D eigenvalue weighted by Gasteiger charge is -2.26. The summed E-state index contributed by atoms with van der Waals surface area (Å²) in [5.74, 6) is 1.18. The van der Waals surface area contributed by atoms with Gasteiger partial charge in [0.05, 0.1) is 6.61 Å². The van der Waals surface area contributed by atoms with Crippen molar-refractivity contribution < 1.29 is 14.3 Å². The average molecular weight is 303 g/mol. The Balaban J connectivity index is 1.96. The molecule has 1 aliphatic heterocycles. The van der Waals surface area contributed by atoms with Crippen LogP contribution >= 0.6 is 11.6 Å². The lowest BCUT2D eigenvalue weighted by Crippen LogP contribution is -2.21. The highest BCUT2D eigenvalue weighted by Gasteiger charge is 2.33. The molecule has 4 heteroatoms. The lowest BCUT2D eigenvalue weighted by molar-refractivity contribution is -0.144. The fraction of sp³-hybridized carbons (Fsp3) is 0.235. The zero-order chi connectivity index (χ0) is 14.7. The van der Waals surface area contributed by atoms with Crippen LogP contribution in [-0.2, 0) is 9.53 Å². The van der Waals surface area contributed by atoms with E-state index in [-0.39, 0.29) is 5.97 Å². The van der Waals surface area contributed by atoms with Gasteiger partial charge in [0.15, 0.2) is 0 Å². The Morgan fingerprint density at radius 1 is 1.05 bits per heavy atom. The minimum atomic E-state index is -0.443. The number of carbonyl (C=O) groups excluding carboxylic acids is 1. The summed E-state index contributed by atoms with van der Waals surface area (Å²) in [4.78, 5) is 12.5. The van der Waals surface area contributed by atoms with Crippen molar-refractivity contribution in [2.75, 3.05) is 12.5 Å². The summed E-state index contributed by atoms with van der Waals surface area (Å²) < 4.78 is 11.2. The molecule has 0 unspecified atom stereocenters. The second kappa shape index (κ2) is 6.19. The first-order valence-corrected chi connectivity index (χ1v) is 7.43. The first-order chi connectivity index (χ1) is 10.3. The van der Waals surface area contributed by atoms with Crippen LogP contribution < -0.4 is 4.74 Å². The number of ether oxygens (including phenoxy) is 2. The summed E-state index contributed by atoms with van der Waals surface area (Å²) in [6, 6.07) is 15.1. The summed E-state index contributed by atoms with van der Waals surface area (Å²) in [7, 11) is 0. The van der Waals surface area contributed by atoms with E-state index in [1.165, 1.54) is 0 Å². The summed E-state index contributed by atoms with van der Waals surface area (Å²) >= 11 is 5.62. The van der Waals surface area contributed by atoms with Crippen LogP contribution in [-0.4, -0.2) is 18.5 Å². The van der Waals surface area contributed by atoms with Gasteiger partial charge in [-0.1, -0.05) is 36.4 Å². The maximum Gasteiger partial charge on any atom is 0.318 e. The SMILES string of the molecule is O=C(OCCCCl)C1c2ccccc2Oc2ccccc21. The largest absolute Gasteiger partial charge is 0.465 e. The third-order valence-electron chi connectivity index (χ3n) is 3.44. The van der Waals surface area contributed by atoms with Gasteiger partial charge in [0.2, 0.25) is 0 Å². The van der Waals surface area contributed by atoms with E-state index >= 15 is 0 Å². The van der Waals surface area contributed by atoms with Gasteiger partial charge in [0.25, 0.3) is 0 Å². The van der Waals surface area contributed by atoms with E-state index in [4.69, 9.17) is 21.1 Å². The Labute approximate surface area is 128 Å². The van der Waals surface area contributed by atoms with Crippen LogP contribution in [0.2, 0.25) is 0 Å². The van der Waals surface area contributed by atoms with Crippen LogP contribution in [0.3, 0.4) is 0 Å². The van der Waals surface area contributed by atoms with E-state index in [9.17, 15) is 4.79 Å². The molecular formula is C17H15ClO3. The third kappa shape index (κ3) is 2.74. The summed E-state index contributed by atoms with van der Waals surface area (Å²) in [5.41, 5.74) is 1.68. The highest BCUT2D eigenvalue weighted by molar-refractivity contribution is 6.17. The fourth-order valence-electron chi connectivity index (χ4n) is 2.47. The first-order valence-electron chi connectivity index (χ1n) is 6.89. The maximum absolute atomic E-state index is 12.5. The molecule has 0 N–H and O–H groups in total. The van der Waals surface area contributed by atoms with Gasteiger partial charge in [-0.3, -0.25) is 4.79 Å². The minimum Gasteiger partial charge on any atom is -0.465 e. The molecule has 3 nitrogen and oxygen atoms in total. The molecule has 0 saturated carbocycles. The molecule has 0 aromatic heterocycles. The van der Waals surface area contributed by atoms with E-state index < -0.39 is 5.92 Å². The van der Waals surface area contributed by atoms with Crippen LogP contribution in [0.15, 0.2) is 48.5 Å². The molecule has 0 aliphatic carbocycles. The van der Waals surface area contributed by atoms with Gasteiger partial charge in [-0.25, -0.2) is 0 Å². The van der Waals surface area contributed by atoms with Gasteiger partial charge in [-0.05, 0) is 18.6 Å². The summed E-state index contributed by atoms with van der Waals surface area (Å²) in [6.07, 6.45) is 0.653. The van der Waals surface area contributed by atoms with Crippen molar-refractivity contribution in [3.63, 3.8) is 0 Å². The van der Waals surface area contributed by atoms with E-state index in [1.807, 2.05) is 48.5 Å². The molecule has 0 amide bonds. The number of rotatable bonds is 4. The zero-order valence-corrected chi connectivity index (χ0v) is 12.2. The number of alkyl halides is 1. The van der Waals surface area contributed by atoms with Gasteiger partial charge in [0.1, 0.15) is 17.4 Å². The van der Waals surface area contributed by atoms with Crippen LogP contribution in [0.5, 0.6) is 11.5 Å². The number of para-hydroxylation sites is 2. The Hall–Kier alpha value is -2.00. The number of benzene rings is 2. The second-order valence-corrected chi connectivity index (χ2v) is 5.20. The molecule has 0 atom stereocenters. The molecule has 0 fully saturated rings. The Morgan fingerprint density at radius 3 is 2.19 bits per heavy atom. The second-order valence-electron chi connectivity index (χ2n) is 4.82. The van der Waals surface area contributed by atoms with Crippen molar-refractivity contribution in [3.05, 3.63) is 59.7 Å². The van der Waals surface area contributed by atoms with Crippen molar-refractivity contribution in [1.82, 2.24) is 0 Å². The van der Waals surface area contributed by atoms with E-state index in [0.717, 1.165) is 11.1 Å². The highest BCUT2D eigenvalue weighted by Crippen LogP contribution is 2.44. The smallest absolute Gasteiger partial charge is 0.318 e. The molecule has 2 aromatic rings. The zero-order valence-electron chi connectivity index (χ0n) is 11.4. The molecule has 2 aromatic carbocycles. The van der Waals surface area contributed by atoms with Gasteiger partial charge < -0.3 is 9.47 Å². The molecule has 0 spiro atoms. The van der Waals surface area contributed by atoms with Gasteiger partial charge >= 0.3 is 5.97 Å². The molecule has 1 heterocycles. The van der Waals surface area contributed by atoms with Crippen LogP contribution in [0, 0.1) is 0 Å². The number of hydrogen-bond donors (Lipinski definition) is 0. The third-order valence-corrected chi connectivity index (χ3v) is 3.71. The van der Waals surface area contributed by atoms with E-state index in [1.54, 1.807) is 0 Å². The molecule has 3 rings (SSSR count). The Morgan fingerprint density at radius 2 is 1.62 bits per heavy atom. The first kappa shape index (κ1) is 14.0. The molecule has 0 radical (unpaired) electrons. The highest BCUT2D eigenvalue weighted by atomic mass is 35.5. The maximum atomic E-state index is 12.5. The van der Waals surface area contributed by atoms with E-state index in [2.05, 4.69) is 0 Å². The molecule has 0 saturated heterocycles. The van der Waals surface area contributed by atoms with Crippen LogP contribution in [0.1, 0.15) is 23.5 Å². The van der Waals surface area contributed by atoms with Crippen molar-refractivity contribution in [1.29, 1.82) is 0 Å². The minimum absolute atomic E-state index is 0.261. The van der Waals surface area contributed by atoms with Crippen molar-refractivity contribution >= 4 is 17.6 Å². The van der Waals surface area contributed by atoms with Crippen molar-refractivity contribution in [2.45, 2.75) is 12.3 Å². The lowest BCUT2D eigenvalue weighted by atomic mass is 9.88. The molecule has 108 valence electrons. The number of carbonyl (C=O) groups is 1. The number of hydrogen-bond acceptors (Lipinski definition) is 3. The Kier molecular flexibility index (Phi) is 4.11. The number of halogens is 1. The number of esters is 1. The molecule has 0 bridgehead atoms. The van der Waals surface area contributed by atoms with E-state index in [0.29, 0.717) is 30.4 Å². The topological polar surface area (TPSA) is 35.5 Å². The standard InChI is InChI=1S/C17H15ClO3/c18-10-5-11-20-17(19)16-12-6-1-3-8-14(12)21-15-9-4-2-7-13(15)16/h1-4,6-9,16H,5,10-11H2. The molecular weight excluding hydrogens is 288 g/mol. The fourth-order valence-corrected chi connectivity index (χ4v) is 2.58. The predicted molar refractivity (Wildman–Crippen MR) is 81.1 cm³/mol. The van der Waals surface area contributed by atoms with Crippen LogP contribution in [0.4, 0.5) is 0 Å². The average Bonchev–Trinajstić information content (AvgIpc) is 2.52. The van der Waals surface area contributed by atoms with Crippen molar-refractivity contribution in [3.8, 4) is 11.5 Å². The summed E-state index contributed by atoms with van der Waals surface area (Å²) in [5, 5.41) is 0. The van der Waals surface area contributed by atoms with Gasteiger partial charge in [-0.2, -0.15) is 0 Å². The van der Waals surface area contributed by atoms with Gasteiger partial charge in [0, 0.05) is 17.0 Å². The Bertz CT molecular complexity index is 608. The number of fused-ring (bicyclic) bond motifs is 2.